The van der Waals surface area contributed by atoms with Gasteiger partial charge in [-0.3, -0.25) is 4.79 Å². The molecule has 0 unspecified atom stereocenters. The second-order valence-corrected chi connectivity index (χ2v) is 8.58. The van der Waals surface area contributed by atoms with Crippen LogP contribution in [0.3, 0.4) is 0 Å². The molecule has 2 rings (SSSR count). The first-order valence-corrected chi connectivity index (χ1v) is 10.3. The molecule has 0 aromatic heterocycles. The van der Waals surface area contributed by atoms with Gasteiger partial charge in [0.25, 0.3) is 0 Å². The molecule has 6 heteroatoms. The predicted molar refractivity (Wildman–Crippen MR) is 103 cm³/mol. The molecule has 26 heavy (non-hydrogen) atoms. The number of hydrogen-bond acceptors (Lipinski definition) is 4. The molecule has 1 N–H and O–H groups in total. The minimum absolute atomic E-state index is 0.0217. The smallest absolute Gasteiger partial charge is 0.227 e. The van der Waals surface area contributed by atoms with Crippen LogP contribution in [0.15, 0.2) is 53.4 Å². The summed E-state index contributed by atoms with van der Waals surface area (Å²) in [6.45, 7) is 6.09. The highest BCUT2D eigenvalue weighted by Gasteiger charge is 2.12. The summed E-state index contributed by atoms with van der Waals surface area (Å²) in [5.74, 6) is 0.976. The summed E-state index contributed by atoms with van der Waals surface area (Å²) in [7, 11) is -3.30. The minimum Gasteiger partial charge on any atom is -0.493 e. The van der Waals surface area contributed by atoms with E-state index in [9.17, 15) is 13.2 Å². The Morgan fingerprint density at radius 3 is 2.42 bits per heavy atom. The molecule has 0 aliphatic heterocycles. The van der Waals surface area contributed by atoms with Crippen LogP contribution in [-0.4, -0.2) is 26.7 Å². The summed E-state index contributed by atoms with van der Waals surface area (Å²) >= 11 is 0. The summed E-state index contributed by atoms with van der Waals surface area (Å²) in [6, 6.07) is 14.1. The average Bonchev–Trinajstić information content (AvgIpc) is 2.62. The van der Waals surface area contributed by atoms with Crippen LogP contribution < -0.4 is 10.1 Å². The lowest BCUT2D eigenvalue weighted by molar-refractivity contribution is -0.116. The van der Waals surface area contributed by atoms with E-state index in [-0.39, 0.29) is 29.6 Å². The van der Waals surface area contributed by atoms with Gasteiger partial charge < -0.3 is 10.1 Å². The molecule has 5 nitrogen and oxygen atoms in total. The molecule has 0 fully saturated rings. The van der Waals surface area contributed by atoms with Crippen LogP contribution in [0.1, 0.15) is 38.7 Å². The van der Waals surface area contributed by atoms with Gasteiger partial charge in [0.05, 0.1) is 23.7 Å². The molecule has 0 aliphatic carbocycles. The number of carbonyl (C=O) groups is 1. The van der Waals surface area contributed by atoms with Crippen molar-refractivity contribution in [3.8, 4) is 5.75 Å². The highest BCUT2D eigenvalue weighted by molar-refractivity contribution is 7.91. The molecule has 0 atom stereocenters. The topological polar surface area (TPSA) is 72.5 Å². The van der Waals surface area contributed by atoms with E-state index in [1.807, 2.05) is 24.3 Å². The first kappa shape index (κ1) is 20.0. The number of hydrogen-bond donors (Lipinski definition) is 1. The molecule has 140 valence electrons. The molecule has 0 saturated heterocycles. The predicted octanol–water partition coefficient (Wildman–Crippen LogP) is 4.01. The number of ether oxygens (including phenoxy) is 1. The van der Waals surface area contributed by atoms with Gasteiger partial charge in [0, 0.05) is 5.69 Å². The number of rotatable bonds is 8. The van der Waals surface area contributed by atoms with Crippen LogP contribution in [0, 0.1) is 0 Å². The second-order valence-electron chi connectivity index (χ2n) is 6.30. The number of sulfone groups is 1. The van der Waals surface area contributed by atoms with E-state index in [2.05, 4.69) is 19.2 Å². The van der Waals surface area contributed by atoms with Gasteiger partial charge in [0.1, 0.15) is 5.75 Å². The van der Waals surface area contributed by atoms with Crippen LogP contribution in [0.2, 0.25) is 0 Å². The van der Waals surface area contributed by atoms with E-state index in [0.717, 1.165) is 5.75 Å². The van der Waals surface area contributed by atoms with Gasteiger partial charge in [0.2, 0.25) is 5.91 Å². The van der Waals surface area contributed by atoms with Crippen molar-refractivity contribution in [2.75, 3.05) is 17.7 Å². The van der Waals surface area contributed by atoms with Gasteiger partial charge >= 0.3 is 0 Å². The Balaban J connectivity index is 1.86. The quantitative estimate of drug-likeness (QED) is 0.757. The van der Waals surface area contributed by atoms with E-state index in [1.165, 1.54) is 17.7 Å². The van der Waals surface area contributed by atoms with Crippen molar-refractivity contribution in [2.45, 2.75) is 38.0 Å². The van der Waals surface area contributed by atoms with Crippen molar-refractivity contribution >= 4 is 21.4 Å². The Morgan fingerprint density at radius 2 is 1.81 bits per heavy atom. The molecule has 0 aliphatic rings. The van der Waals surface area contributed by atoms with E-state index in [1.54, 1.807) is 19.1 Å². The third kappa shape index (κ3) is 5.59. The van der Waals surface area contributed by atoms with Gasteiger partial charge in [-0.25, -0.2) is 8.42 Å². The zero-order valence-corrected chi connectivity index (χ0v) is 16.2. The first-order chi connectivity index (χ1) is 12.3. The molecule has 0 heterocycles. The van der Waals surface area contributed by atoms with Crippen molar-refractivity contribution in [3.05, 3.63) is 54.1 Å². The molecule has 2 aromatic rings. The van der Waals surface area contributed by atoms with Gasteiger partial charge in [-0.2, -0.15) is 0 Å². The zero-order chi connectivity index (χ0) is 19.2. The van der Waals surface area contributed by atoms with Crippen LogP contribution >= 0.6 is 0 Å². The molecule has 0 spiro atoms. The van der Waals surface area contributed by atoms with E-state index < -0.39 is 9.84 Å². The Labute approximate surface area is 155 Å². The van der Waals surface area contributed by atoms with Crippen LogP contribution in [0.25, 0.3) is 0 Å². The minimum atomic E-state index is -3.30. The summed E-state index contributed by atoms with van der Waals surface area (Å²) in [6.07, 6.45) is 0.177. The lowest BCUT2D eigenvalue weighted by Crippen LogP contribution is -2.15. The Morgan fingerprint density at radius 1 is 1.12 bits per heavy atom. The van der Waals surface area contributed by atoms with E-state index >= 15 is 0 Å². The van der Waals surface area contributed by atoms with Crippen molar-refractivity contribution in [2.24, 2.45) is 0 Å². The highest BCUT2D eigenvalue weighted by Crippen LogP contribution is 2.19. The Kier molecular flexibility index (Phi) is 6.80. The molecule has 0 bridgehead atoms. The molecule has 0 saturated carbocycles. The summed E-state index contributed by atoms with van der Waals surface area (Å²) in [5, 5.41) is 2.71. The largest absolute Gasteiger partial charge is 0.493 e. The molecule has 0 radical (unpaired) electrons. The normalized spacial score (nSPS) is 11.4. The molecular weight excluding hydrogens is 350 g/mol. The lowest BCUT2D eigenvalue weighted by Gasteiger charge is -2.10. The van der Waals surface area contributed by atoms with Crippen molar-refractivity contribution in [1.29, 1.82) is 0 Å². The molecular formula is C20H25NO4S. The van der Waals surface area contributed by atoms with Crippen molar-refractivity contribution in [1.82, 2.24) is 0 Å². The standard InChI is InChI=1S/C20H25NO4S/c1-4-26(23,24)19-7-5-6-17(14-19)21-20(22)12-13-25-18-10-8-16(9-11-18)15(2)3/h5-11,14-15H,4,12-13H2,1-3H3,(H,21,22). The number of amides is 1. The maximum atomic E-state index is 12.0. The average molecular weight is 375 g/mol. The van der Waals surface area contributed by atoms with Gasteiger partial charge in [-0.1, -0.05) is 39.0 Å². The number of benzene rings is 2. The maximum Gasteiger partial charge on any atom is 0.227 e. The number of carbonyl (C=O) groups excluding carboxylic acids is 1. The van der Waals surface area contributed by atoms with Gasteiger partial charge in [-0.05, 0) is 41.8 Å². The fourth-order valence-corrected chi connectivity index (χ4v) is 3.29. The highest BCUT2D eigenvalue weighted by atomic mass is 32.2. The second kappa shape index (κ2) is 8.85. The van der Waals surface area contributed by atoms with E-state index in [0.29, 0.717) is 11.6 Å². The number of nitrogens with one attached hydrogen (secondary N) is 1. The summed E-state index contributed by atoms with van der Waals surface area (Å²) in [5.41, 5.74) is 1.70. The molecule has 1 amide bonds. The summed E-state index contributed by atoms with van der Waals surface area (Å²) in [4.78, 5) is 12.2. The maximum absolute atomic E-state index is 12.0. The third-order valence-electron chi connectivity index (χ3n) is 4.00. The summed E-state index contributed by atoms with van der Waals surface area (Å²) < 4.78 is 29.4. The van der Waals surface area contributed by atoms with Gasteiger partial charge in [0.15, 0.2) is 9.84 Å². The Hall–Kier alpha value is -2.34. The van der Waals surface area contributed by atoms with Crippen molar-refractivity contribution < 1.29 is 17.9 Å². The fourth-order valence-electron chi connectivity index (χ4n) is 2.37. The Bertz CT molecular complexity index is 842. The SMILES string of the molecule is CCS(=O)(=O)c1cccc(NC(=O)CCOc2ccc(C(C)C)cc2)c1. The lowest BCUT2D eigenvalue weighted by atomic mass is 10.0. The fraction of sp³-hybridized carbons (Fsp3) is 0.350. The van der Waals surface area contributed by atoms with Crippen LogP contribution in [0.5, 0.6) is 5.75 Å². The first-order valence-electron chi connectivity index (χ1n) is 8.67. The van der Waals surface area contributed by atoms with Crippen molar-refractivity contribution in [3.63, 3.8) is 0 Å². The third-order valence-corrected chi connectivity index (χ3v) is 5.73. The van der Waals surface area contributed by atoms with Crippen LogP contribution in [-0.2, 0) is 14.6 Å². The molecule has 2 aromatic carbocycles. The van der Waals surface area contributed by atoms with Crippen LogP contribution in [0.4, 0.5) is 5.69 Å². The van der Waals surface area contributed by atoms with Gasteiger partial charge in [-0.15, -0.1) is 0 Å². The monoisotopic (exact) mass is 375 g/mol. The van der Waals surface area contributed by atoms with E-state index in [4.69, 9.17) is 4.74 Å². The zero-order valence-electron chi connectivity index (χ0n) is 15.4. The number of anilines is 1.